The van der Waals surface area contributed by atoms with Crippen molar-refractivity contribution < 1.29 is 9.53 Å². The number of ether oxygens (including phenoxy) is 1. The van der Waals surface area contributed by atoms with Gasteiger partial charge in [0.1, 0.15) is 5.75 Å². The lowest BCUT2D eigenvalue weighted by molar-refractivity contribution is -0.125. The van der Waals surface area contributed by atoms with E-state index in [1.54, 1.807) is 7.11 Å². The van der Waals surface area contributed by atoms with Crippen LogP contribution in [0.4, 0.5) is 0 Å². The van der Waals surface area contributed by atoms with Crippen LogP contribution in [-0.4, -0.2) is 24.5 Å². The number of aromatic amines is 1. The van der Waals surface area contributed by atoms with Crippen LogP contribution in [0.1, 0.15) is 28.8 Å². The molecule has 1 aliphatic rings. The standard InChI is InChI=1S/C23H26N2O2/c1-15-6-8-21-19(12-15)20-14-17(7-9-22(20)25-21)23(26)24-11-10-16-4-3-5-18(13-16)27-2/h3-6,8,12-13,17,25H,7,9-11,14H2,1-2H3,(H,24,26). The maximum atomic E-state index is 12.7. The predicted octanol–water partition coefficient (Wildman–Crippen LogP) is 3.95. The first-order valence-electron chi connectivity index (χ1n) is 9.65. The number of aromatic nitrogens is 1. The number of hydrogen-bond donors (Lipinski definition) is 2. The van der Waals surface area contributed by atoms with Crippen LogP contribution in [0.25, 0.3) is 10.9 Å². The van der Waals surface area contributed by atoms with Gasteiger partial charge in [-0.15, -0.1) is 0 Å². The summed E-state index contributed by atoms with van der Waals surface area (Å²) in [5.41, 5.74) is 6.25. The van der Waals surface area contributed by atoms with Gasteiger partial charge in [-0.25, -0.2) is 0 Å². The summed E-state index contributed by atoms with van der Waals surface area (Å²) < 4.78 is 5.26. The molecule has 0 radical (unpaired) electrons. The van der Waals surface area contributed by atoms with Gasteiger partial charge in [0.05, 0.1) is 7.11 Å². The minimum atomic E-state index is 0.0577. The smallest absolute Gasteiger partial charge is 0.223 e. The zero-order chi connectivity index (χ0) is 18.8. The third-order valence-electron chi connectivity index (χ3n) is 5.56. The monoisotopic (exact) mass is 362 g/mol. The first kappa shape index (κ1) is 17.7. The lowest BCUT2D eigenvalue weighted by Crippen LogP contribution is -2.35. The van der Waals surface area contributed by atoms with Crippen LogP contribution < -0.4 is 10.1 Å². The second-order valence-electron chi connectivity index (χ2n) is 7.46. The Bertz CT molecular complexity index is 974. The van der Waals surface area contributed by atoms with Gasteiger partial charge in [-0.2, -0.15) is 0 Å². The maximum absolute atomic E-state index is 12.7. The first-order valence-corrected chi connectivity index (χ1v) is 9.65. The Labute approximate surface area is 159 Å². The van der Waals surface area contributed by atoms with Crippen molar-refractivity contribution in [1.29, 1.82) is 0 Å². The number of aryl methyl sites for hydroxylation is 2. The van der Waals surface area contributed by atoms with Crippen LogP contribution in [0.15, 0.2) is 42.5 Å². The van der Waals surface area contributed by atoms with Gasteiger partial charge in [-0.1, -0.05) is 23.8 Å². The molecular weight excluding hydrogens is 336 g/mol. The third-order valence-corrected chi connectivity index (χ3v) is 5.56. The number of H-pyrrole nitrogens is 1. The van der Waals surface area contributed by atoms with E-state index in [1.807, 2.05) is 18.2 Å². The van der Waals surface area contributed by atoms with E-state index in [2.05, 4.69) is 41.5 Å². The summed E-state index contributed by atoms with van der Waals surface area (Å²) in [6.07, 6.45) is 3.48. The highest BCUT2D eigenvalue weighted by Gasteiger charge is 2.27. The van der Waals surface area contributed by atoms with Gasteiger partial charge in [0.25, 0.3) is 0 Å². The fourth-order valence-electron chi connectivity index (χ4n) is 4.06. The molecule has 140 valence electrons. The molecule has 0 aliphatic heterocycles. The van der Waals surface area contributed by atoms with Gasteiger partial charge < -0.3 is 15.0 Å². The van der Waals surface area contributed by atoms with Crippen LogP contribution >= 0.6 is 0 Å². The Morgan fingerprint density at radius 2 is 2.15 bits per heavy atom. The second-order valence-corrected chi connectivity index (χ2v) is 7.46. The number of amides is 1. The van der Waals surface area contributed by atoms with Crippen molar-refractivity contribution in [2.24, 2.45) is 5.92 Å². The predicted molar refractivity (Wildman–Crippen MR) is 108 cm³/mol. The molecule has 1 unspecified atom stereocenters. The number of methoxy groups -OCH3 is 1. The van der Waals surface area contributed by atoms with Crippen molar-refractivity contribution in [3.05, 3.63) is 64.8 Å². The maximum Gasteiger partial charge on any atom is 0.223 e. The molecule has 1 aliphatic carbocycles. The third kappa shape index (κ3) is 3.70. The molecule has 2 aromatic carbocycles. The topological polar surface area (TPSA) is 54.1 Å². The largest absolute Gasteiger partial charge is 0.497 e. The molecule has 0 saturated carbocycles. The molecule has 1 aromatic heterocycles. The summed E-state index contributed by atoms with van der Waals surface area (Å²) in [5.74, 6) is 1.08. The summed E-state index contributed by atoms with van der Waals surface area (Å²) in [5, 5.41) is 4.41. The van der Waals surface area contributed by atoms with E-state index in [0.717, 1.165) is 31.4 Å². The molecule has 1 heterocycles. The summed E-state index contributed by atoms with van der Waals surface area (Å²) >= 11 is 0. The molecule has 0 bridgehead atoms. The molecule has 0 spiro atoms. The molecular formula is C23H26N2O2. The van der Waals surface area contributed by atoms with E-state index in [0.29, 0.717) is 6.54 Å². The molecule has 1 amide bonds. The Hall–Kier alpha value is -2.75. The lowest BCUT2D eigenvalue weighted by Gasteiger charge is -2.22. The summed E-state index contributed by atoms with van der Waals surface area (Å²) in [4.78, 5) is 16.2. The molecule has 4 rings (SSSR count). The molecule has 1 atom stereocenters. The number of benzene rings is 2. The summed E-state index contributed by atoms with van der Waals surface area (Å²) in [7, 11) is 1.67. The van der Waals surface area contributed by atoms with Crippen molar-refractivity contribution in [3.8, 4) is 5.75 Å². The minimum Gasteiger partial charge on any atom is -0.497 e. The highest BCUT2D eigenvalue weighted by molar-refractivity contribution is 5.87. The number of nitrogens with one attached hydrogen (secondary N) is 2. The van der Waals surface area contributed by atoms with Gasteiger partial charge in [0.15, 0.2) is 0 Å². The van der Waals surface area contributed by atoms with E-state index < -0.39 is 0 Å². The van der Waals surface area contributed by atoms with Crippen LogP contribution in [0.5, 0.6) is 5.75 Å². The van der Waals surface area contributed by atoms with Crippen LogP contribution in [0.3, 0.4) is 0 Å². The average molecular weight is 362 g/mol. The Balaban J connectivity index is 1.39. The fourth-order valence-corrected chi connectivity index (χ4v) is 4.06. The average Bonchev–Trinajstić information content (AvgIpc) is 3.05. The summed E-state index contributed by atoms with van der Waals surface area (Å²) in [6, 6.07) is 14.5. The molecule has 0 saturated heterocycles. The molecule has 27 heavy (non-hydrogen) atoms. The zero-order valence-corrected chi connectivity index (χ0v) is 16.0. The van der Waals surface area contributed by atoms with Crippen molar-refractivity contribution >= 4 is 16.8 Å². The van der Waals surface area contributed by atoms with Crippen LogP contribution in [-0.2, 0) is 24.1 Å². The van der Waals surface area contributed by atoms with Gasteiger partial charge in [-0.3, -0.25) is 4.79 Å². The Kier molecular flexibility index (Phi) is 4.88. The molecule has 4 nitrogen and oxygen atoms in total. The van der Waals surface area contributed by atoms with Crippen LogP contribution in [0, 0.1) is 12.8 Å². The highest BCUT2D eigenvalue weighted by Crippen LogP contribution is 2.32. The summed E-state index contributed by atoms with van der Waals surface area (Å²) in [6.45, 7) is 2.77. The van der Waals surface area contributed by atoms with Crippen molar-refractivity contribution in [2.75, 3.05) is 13.7 Å². The second kappa shape index (κ2) is 7.47. The first-order chi connectivity index (χ1) is 13.1. The van der Waals surface area contributed by atoms with E-state index in [1.165, 1.54) is 33.3 Å². The van der Waals surface area contributed by atoms with Gasteiger partial charge in [0.2, 0.25) is 5.91 Å². The van der Waals surface area contributed by atoms with E-state index >= 15 is 0 Å². The number of carbonyl (C=O) groups is 1. The highest BCUT2D eigenvalue weighted by atomic mass is 16.5. The zero-order valence-electron chi connectivity index (χ0n) is 16.0. The number of rotatable bonds is 5. The number of carbonyl (C=O) groups excluding carboxylic acids is 1. The quantitative estimate of drug-likeness (QED) is 0.722. The van der Waals surface area contributed by atoms with Gasteiger partial charge >= 0.3 is 0 Å². The van der Waals surface area contributed by atoms with E-state index in [9.17, 15) is 4.79 Å². The van der Waals surface area contributed by atoms with Gasteiger partial charge in [-0.05, 0) is 68.0 Å². The van der Waals surface area contributed by atoms with Gasteiger partial charge in [0, 0.05) is 29.1 Å². The van der Waals surface area contributed by atoms with E-state index in [-0.39, 0.29) is 11.8 Å². The normalized spacial score (nSPS) is 16.1. The fraction of sp³-hybridized carbons (Fsp3) is 0.348. The minimum absolute atomic E-state index is 0.0577. The number of hydrogen-bond acceptors (Lipinski definition) is 2. The molecule has 2 N–H and O–H groups in total. The Morgan fingerprint density at radius 3 is 3.00 bits per heavy atom. The Morgan fingerprint density at radius 1 is 1.26 bits per heavy atom. The molecule has 3 aromatic rings. The number of fused-ring (bicyclic) bond motifs is 3. The lowest BCUT2D eigenvalue weighted by atomic mass is 9.85. The SMILES string of the molecule is COc1cccc(CCNC(=O)C2CCc3[nH]c4ccc(C)cc4c3C2)c1. The van der Waals surface area contributed by atoms with Crippen molar-refractivity contribution in [1.82, 2.24) is 10.3 Å². The van der Waals surface area contributed by atoms with Crippen molar-refractivity contribution in [3.63, 3.8) is 0 Å². The van der Waals surface area contributed by atoms with E-state index in [4.69, 9.17) is 4.74 Å². The van der Waals surface area contributed by atoms with Crippen molar-refractivity contribution in [2.45, 2.75) is 32.6 Å². The van der Waals surface area contributed by atoms with Crippen LogP contribution in [0.2, 0.25) is 0 Å². The molecule has 0 fully saturated rings. The molecule has 4 heteroatoms.